The van der Waals surface area contributed by atoms with Crippen molar-refractivity contribution in [2.75, 3.05) is 33.2 Å². The number of hydrogen-bond donors (Lipinski definition) is 1. The van der Waals surface area contributed by atoms with Crippen molar-refractivity contribution in [3.63, 3.8) is 0 Å². The summed E-state index contributed by atoms with van der Waals surface area (Å²) in [6, 6.07) is 0.910. The summed E-state index contributed by atoms with van der Waals surface area (Å²) in [5.41, 5.74) is 0. The minimum Gasteiger partial charge on any atom is -0.344 e. The van der Waals surface area contributed by atoms with Gasteiger partial charge >= 0.3 is 0 Å². The smallest absolute Gasteiger partial charge is 0.0113 e. The largest absolute Gasteiger partial charge is 0.344 e. The first kappa shape index (κ1) is 12.9. The molecule has 2 aliphatic rings. The molecule has 1 saturated heterocycles. The number of rotatable bonds is 1. The van der Waals surface area contributed by atoms with E-state index >= 15 is 0 Å². The summed E-state index contributed by atoms with van der Waals surface area (Å²) in [6.07, 6.45) is 5.82. The van der Waals surface area contributed by atoms with Crippen LogP contribution in [-0.4, -0.2) is 49.1 Å². The molecule has 2 rings (SSSR count). The van der Waals surface area contributed by atoms with E-state index in [0.29, 0.717) is 0 Å². The number of hydrogen-bond acceptors (Lipinski definition) is 3. The molecule has 90 valence electrons. The zero-order chi connectivity index (χ0) is 9.97. The van der Waals surface area contributed by atoms with E-state index in [9.17, 15) is 0 Å². The van der Waals surface area contributed by atoms with E-state index in [2.05, 4.69) is 23.8 Å². The van der Waals surface area contributed by atoms with E-state index < -0.39 is 0 Å². The summed E-state index contributed by atoms with van der Waals surface area (Å²) in [4.78, 5) is 5.18. The van der Waals surface area contributed by atoms with Gasteiger partial charge in [0.15, 0.2) is 0 Å². The van der Waals surface area contributed by atoms with E-state index in [-0.39, 0.29) is 6.15 Å². The van der Waals surface area contributed by atoms with Crippen molar-refractivity contribution in [2.24, 2.45) is 5.92 Å². The van der Waals surface area contributed by atoms with Crippen molar-refractivity contribution >= 4 is 0 Å². The molecule has 3 heteroatoms. The molecule has 1 aliphatic carbocycles. The molecule has 2 unspecified atom stereocenters. The second-order valence-electron chi connectivity index (χ2n) is 5.26. The van der Waals surface area contributed by atoms with Gasteiger partial charge in [-0.3, -0.25) is 4.90 Å². The highest BCUT2D eigenvalue weighted by atomic mass is 15.3. The van der Waals surface area contributed by atoms with E-state index in [4.69, 9.17) is 0 Å². The predicted molar refractivity (Wildman–Crippen MR) is 65.5 cm³/mol. The lowest BCUT2D eigenvalue weighted by molar-refractivity contribution is 0.0797. The van der Waals surface area contributed by atoms with Crippen molar-refractivity contribution in [1.82, 2.24) is 16.0 Å². The Morgan fingerprint density at radius 3 is 2.27 bits per heavy atom. The maximum atomic E-state index is 2.73. The molecule has 0 radical (unpaired) electrons. The lowest BCUT2D eigenvalue weighted by Gasteiger charge is -2.41. The van der Waals surface area contributed by atoms with Crippen molar-refractivity contribution in [3.8, 4) is 0 Å². The zero-order valence-corrected chi connectivity index (χ0v) is 10.4. The minimum atomic E-state index is 0. The molecular weight excluding hydrogens is 186 g/mol. The normalized spacial score (nSPS) is 34.8. The first-order valence-corrected chi connectivity index (χ1v) is 6.18. The molecule has 15 heavy (non-hydrogen) atoms. The lowest BCUT2D eigenvalue weighted by Crippen LogP contribution is -2.50. The molecular formula is C12H27N3. The first-order valence-electron chi connectivity index (χ1n) is 6.18. The summed E-state index contributed by atoms with van der Waals surface area (Å²) in [7, 11) is 2.24. The van der Waals surface area contributed by atoms with Gasteiger partial charge in [-0.15, -0.1) is 0 Å². The SMILES string of the molecule is CC1CCCC(N2CCN(C)CC2)C1.N. The molecule has 0 amide bonds. The number of piperazine rings is 1. The van der Waals surface area contributed by atoms with Crippen LogP contribution in [0.3, 0.4) is 0 Å². The molecule has 0 bridgehead atoms. The predicted octanol–water partition coefficient (Wildman–Crippen LogP) is 1.97. The minimum absolute atomic E-state index is 0. The molecule has 1 heterocycles. The van der Waals surface area contributed by atoms with Gasteiger partial charge in [0.2, 0.25) is 0 Å². The van der Waals surface area contributed by atoms with Crippen molar-refractivity contribution in [1.29, 1.82) is 0 Å². The van der Waals surface area contributed by atoms with Crippen LogP contribution in [0.25, 0.3) is 0 Å². The molecule has 0 spiro atoms. The van der Waals surface area contributed by atoms with Crippen LogP contribution in [-0.2, 0) is 0 Å². The zero-order valence-electron chi connectivity index (χ0n) is 10.4. The van der Waals surface area contributed by atoms with Crippen LogP contribution in [0.15, 0.2) is 0 Å². The molecule has 2 fully saturated rings. The molecule has 0 aromatic heterocycles. The van der Waals surface area contributed by atoms with Crippen LogP contribution in [0.5, 0.6) is 0 Å². The summed E-state index contributed by atoms with van der Waals surface area (Å²) >= 11 is 0. The standard InChI is InChI=1S/C12H24N2.H3N/c1-11-4-3-5-12(10-11)14-8-6-13(2)7-9-14;/h11-12H,3-10H2,1-2H3;1H3. The van der Waals surface area contributed by atoms with Gasteiger partial charge in [-0.25, -0.2) is 0 Å². The van der Waals surface area contributed by atoms with Crippen LogP contribution in [0.2, 0.25) is 0 Å². The van der Waals surface area contributed by atoms with Crippen LogP contribution < -0.4 is 6.15 Å². The van der Waals surface area contributed by atoms with Gasteiger partial charge in [-0.05, 0) is 25.8 Å². The van der Waals surface area contributed by atoms with E-state index in [0.717, 1.165) is 12.0 Å². The third-order valence-corrected chi connectivity index (χ3v) is 3.96. The fourth-order valence-corrected chi connectivity index (χ4v) is 2.92. The fourth-order valence-electron chi connectivity index (χ4n) is 2.92. The summed E-state index contributed by atoms with van der Waals surface area (Å²) in [5, 5.41) is 0. The van der Waals surface area contributed by atoms with E-state index in [1.165, 1.54) is 51.9 Å². The Morgan fingerprint density at radius 1 is 1.00 bits per heavy atom. The quantitative estimate of drug-likeness (QED) is 0.724. The highest BCUT2D eigenvalue weighted by molar-refractivity contribution is 4.81. The third kappa shape index (κ3) is 3.44. The summed E-state index contributed by atoms with van der Waals surface area (Å²) in [6.45, 7) is 7.56. The average molecular weight is 213 g/mol. The Hall–Kier alpha value is -0.120. The highest BCUT2D eigenvalue weighted by Crippen LogP contribution is 2.27. The van der Waals surface area contributed by atoms with Crippen LogP contribution >= 0.6 is 0 Å². The first-order chi connectivity index (χ1) is 6.75. The van der Waals surface area contributed by atoms with Crippen molar-refractivity contribution < 1.29 is 0 Å². The average Bonchev–Trinajstić information content (AvgIpc) is 2.19. The third-order valence-electron chi connectivity index (χ3n) is 3.96. The molecule has 0 aromatic rings. The van der Waals surface area contributed by atoms with E-state index in [1.54, 1.807) is 0 Å². The molecule has 3 N–H and O–H groups in total. The van der Waals surface area contributed by atoms with Gasteiger partial charge in [-0.2, -0.15) is 0 Å². The van der Waals surface area contributed by atoms with Gasteiger partial charge in [0.1, 0.15) is 0 Å². The Balaban J connectivity index is 0.00000112. The monoisotopic (exact) mass is 213 g/mol. The Labute approximate surface area is 94.4 Å². The molecule has 1 saturated carbocycles. The fraction of sp³-hybridized carbons (Fsp3) is 1.00. The van der Waals surface area contributed by atoms with Gasteiger partial charge in [-0.1, -0.05) is 19.8 Å². The van der Waals surface area contributed by atoms with Crippen LogP contribution in [0.4, 0.5) is 0 Å². The van der Waals surface area contributed by atoms with Gasteiger partial charge in [0, 0.05) is 32.2 Å². The number of likely N-dealkylation sites (N-methyl/N-ethyl adjacent to an activating group) is 1. The van der Waals surface area contributed by atoms with Crippen LogP contribution in [0.1, 0.15) is 32.6 Å². The van der Waals surface area contributed by atoms with Gasteiger partial charge in [0.25, 0.3) is 0 Å². The lowest BCUT2D eigenvalue weighted by atomic mass is 9.86. The molecule has 3 nitrogen and oxygen atoms in total. The van der Waals surface area contributed by atoms with E-state index in [1.807, 2.05) is 0 Å². The maximum Gasteiger partial charge on any atom is 0.0113 e. The molecule has 2 atom stereocenters. The van der Waals surface area contributed by atoms with Crippen molar-refractivity contribution in [3.05, 3.63) is 0 Å². The Kier molecular flexibility index (Phi) is 5.03. The summed E-state index contributed by atoms with van der Waals surface area (Å²) < 4.78 is 0. The van der Waals surface area contributed by atoms with Crippen molar-refractivity contribution in [2.45, 2.75) is 38.6 Å². The topological polar surface area (TPSA) is 41.5 Å². The second kappa shape index (κ2) is 5.83. The Morgan fingerprint density at radius 2 is 1.67 bits per heavy atom. The number of nitrogens with zero attached hydrogens (tertiary/aromatic N) is 2. The molecule has 0 aromatic carbocycles. The van der Waals surface area contributed by atoms with Crippen LogP contribution in [0, 0.1) is 5.92 Å². The van der Waals surface area contributed by atoms with Gasteiger partial charge < -0.3 is 11.1 Å². The second-order valence-corrected chi connectivity index (χ2v) is 5.26. The van der Waals surface area contributed by atoms with Gasteiger partial charge in [0.05, 0.1) is 0 Å². The summed E-state index contributed by atoms with van der Waals surface area (Å²) in [5.74, 6) is 0.966. The Bertz CT molecular complexity index is 176. The highest BCUT2D eigenvalue weighted by Gasteiger charge is 2.26. The maximum absolute atomic E-state index is 2.73. The molecule has 1 aliphatic heterocycles.